The summed E-state index contributed by atoms with van der Waals surface area (Å²) in [5.41, 5.74) is -1.66. The lowest BCUT2D eigenvalue weighted by Crippen LogP contribution is -2.49. The second kappa shape index (κ2) is 7.52. The average Bonchev–Trinajstić information content (AvgIpc) is 2.61. The highest BCUT2D eigenvalue weighted by Crippen LogP contribution is 2.32. The summed E-state index contributed by atoms with van der Waals surface area (Å²) in [6.07, 6.45) is -3.41. The summed E-state index contributed by atoms with van der Waals surface area (Å²) in [4.78, 5) is 19.9. The van der Waals surface area contributed by atoms with E-state index in [4.69, 9.17) is 23.2 Å². The molecule has 0 radical (unpaired) electrons. The first-order chi connectivity index (χ1) is 12.7. The number of aromatic nitrogens is 1. The molecule has 0 unspecified atom stereocenters. The summed E-state index contributed by atoms with van der Waals surface area (Å²) in [7, 11) is 0. The number of benzene rings is 1. The molecule has 1 aliphatic rings. The summed E-state index contributed by atoms with van der Waals surface area (Å²) in [5, 5.41) is 0.768. The van der Waals surface area contributed by atoms with Gasteiger partial charge in [0, 0.05) is 37.9 Å². The monoisotopic (exact) mass is 421 g/mol. The molecule has 0 saturated carbocycles. The molecule has 2 heterocycles. The number of hydrogen-bond donors (Lipinski definition) is 0. The maximum absolute atomic E-state index is 13.4. The summed E-state index contributed by atoms with van der Waals surface area (Å²) < 4.78 is 51.9. The van der Waals surface area contributed by atoms with Crippen molar-refractivity contribution in [2.45, 2.75) is 6.18 Å². The van der Waals surface area contributed by atoms with Crippen molar-refractivity contribution < 1.29 is 22.4 Å². The lowest BCUT2D eigenvalue weighted by atomic mass is 10.1. The molecule has 0 aliphatic carbocycles. The molecule has 1 fully saturated rings. The van der Waals surface area contributed by atoms with Crippen molar-refractivity contribution in [3.05, 3.63) is 57.5 Å². The van der Waals surface area contributed by atoms with Gasteiger partial charge in [-0.3, -0.25) is 4.79 Å². The van der Waals surface area contributed by atoms with Gasteiger partial charge in [0.15, 0.2) is 0 Å². The van der Waals surface area contributed by atoms with Crippen LogP contribution in [0.4, 0.5) is 23.4 Å². The predicted octanol–water partition coefficient (Wildman–Crippen LogP) is 4.51. The quantitative estimate of drug-likeness (QED) is 0.669. The molecule has 1 saturated heterocycles. The minimum atomic E-state index is -4.87. The minimum absolute atomic E-state index is 0.208. The van der Waals surface area contributed by atoms with Crippen molar-refractivity contribution in [2.75, 3.05) is 31.1 Å². The van der Waals surface area contributed by atoms with Crippen molar-refractivity contribution in [2.24, 2.45) is 0 Å². The molecule has 1 aromatic heterocycles. The number of carbonyl (C=O) groups excluding carboxylic acids is 1. The molecule has 0 bridgehead atoms. The molecule has 10 heteroatoms. The van der Waals surface area contributed by atoms with Gasteiger partial charge in [-0.15, -0.1) is 0 Å². The second-order valence-electron chi connectivity index (χ2n) is 5.93. The first kappa shape index (κ1) is 19.7. The van der Waals surface area contributed by atoms with Gasteiger partial charge in [-0.2, -0.15) is 13.2 Å². The van der Waals surface area contributed by atoms with Gasteiger partial charge < -0.3 is 9.80 Å². The van der Waals surface area contributed by atoms with Crippen molar-refractivity contribution in [1.29, 1.82) is 0 Å². The molecular weight excluding hydrogens is 409 g/mol. The normalized spacial score (nSPS) is 15.2. The molecule has 1 amide bonds. The Kier molecular flexibility index (Phi) is 5.48. The number of amides is 1. The Balaban J connectivity index is 1.72. The van der Waals surface area contributed by atoms with Crippen LogP contribution in [0.15, 0.2) is 30.5 Å². The highest BCUT2D eigenvalue weighted by Gasteiger charge is 2.35. The smallest absolute Gasteiger partial charge is 0.352 e. The number of piperazine rings is 1. The number of pyridine rings is 1. The van der Waals surface area contributed by atoms with Crippen LogP contribution in [0.2, 0.25) is 10.0 Å². The minimum Gasteiger partial charge on any atom is -0.352 e. The molecular formula is C17H13Cl2F4N3O. The van der Waals surface area contributed by atoms with E-state index < -0.39 is 23.5 Å². The number of anilines is 1. The molecule has 4 nitrogen and oxygen atoms in total. The number of alkyl halides is 3. The van der Waals surface area contributed by atoms with E-state index in [0.29, 0.717) is 41.1 Å². The standard InChI is InChI=1S/C17H13Cl2F4N3O/c18-11-8-13(19)15(24-9-11)25-3-5-26(6-4-25)16(27)10-1-2-14(20)12(7-10)17(21,22)23/h1-2,7-9H,3-6H2. The van der Waals surface area contributed by atoms with E-state index in [9.17, 15) is 22.4 Å². The molecule has 0 N–H and O–H groups in total. The van der Waals surface area contributed by atoms with Crippen LogP contribution in [-0.4, -0.2) is 42.0 Å². The Bertz CT molecular complexity index is 868. The summed E-state index contributed by atoms with van der Waals surface area (Å²) in [6.45, 7) is 1.32. The zero-order valence-electron chi connectivity index (χ0n) is 13.7. The summed E-state index contributed by atoms with van der Waals surface area (Å²) in [5.74, 6) is -1.48. The van der Waals surface area contributed by atoms with Crippen molar-refractivity contribution in [1.82, 2.24) is 9.88 Å². The Morgan fingerprint density at radius 2 is 1.74 bits per heavy atom. The van der Waals surface area contributed by atoms with Gasteiger partial charge in [0.1, 0.15) is 11.6 Å². The van der Waals surface area contributed by atoms with E-state index in [1.807, 2.05) is 4.90 Å². The number of halogens is 6. The van der Waals surface area contributed by atoms with E-state index in [1.165, 1.54) is 11.1 Å². The zero-order chi connectivity index (χ0) is 19.8. The van der Waals surface area contributed by atoms with Crippen LogP contribution in [0.5, 0.6) is 0 Å². The van der Waals surface area contributed by atoms with Gasteiger partial charge in [0.25, 0.3) is 5.91 Å². The zero-order valence-corrected chi connectivity index (χ0v) is 15.2. The van der Waals surface area contributed by atoms with Gasteiger partial charge in [-0.25, -0.2) is 9.37 Å². The van der Waals surface area contributed by atoms with Gasteiger partial charge in [-0.05, 0) is 24.3 Å². The topological polar surface area (TPSA) is 36.4 Å². The SMILES string of the molecule is O=C(c1ccc(F)c(C(F)(F)F)c1)N1CCN(c2ncc(Cl)cc2Cl)CC1. The number of nitrogens with zero attached hydrogens (tertiary/aromatic N) is 3. The van der Waals surface area contributed by atoms with Crippen LogP contribution in [0, 0.1) is 5.82 Å². The maximum atomic E-state index is 13.4. The van der Waals surface area contributed by atoms with Crippen molar-refractivity contribution >= 4 is 34.9 Å². The molecule has 1 aromatic carbocycles. The van der Waals surface area contributed by atoms with Crippen LogP contribution in [-0.2, 0) is 6.18 Å². The number of carbonyl (C=O) groups is 1. The van der Waals surface area contributed by atoms with E-state index in [-0.39, 0.29) is 18.7 Å². The molecule has 27 heavy (non-hydrogen) atoms. The van der Waals surface area contributed by atoms with Gasteiger partial charge in [0.2, 0.25) is 0 Å². The summed E-state index contributed by atoms with van der Waals surface area (Å²) in [6, 6.07) is 3.81. The van der Waals surface area contributed by atoms with E-state index in [1.54, 1.807) is 6.07 Å². The third kappa shape index (κ3) is 4.27. The fourth-order valence-corrected chi connectivity index (χ4v) is 3.32. The Hall–Kier alpha value is -2.06. The lowest BCUT2D eigenvalue weighted by Gasteiger charge is -2.35. The van der Waals surface area contributed by atoms with Gasteiger partial charge in [0.05, 0.1) is 15.6 Å². The van der Waals surface area contributed by atoms with Crippen LogP contribution in [0.3, 0.4) is 0 Å². The predicted molar refractivity (Wildman–Crippen MR) is 93.8 cm³/mol. The van der Waals surface area contributed by atoms with E-state index in [0.717, 1.165) is 6.07 Å². The fraction of sp³-hybridized carbons (Fsp3) is 0.294. The first-order valence-electron chi connectivity index (χ1n) is 7.89. The average molecular weight is 422 g/mol. The number of rotatable bonds is 2. The van der Waals surface area contributed by atoms with Crippen molar-refractivity contribution in [3.8, 4) is 0 Å². The maximum Gasteiger partial charge on any atom is 0.419 e. The highest BCUT2D eigenvalue weighted by molar-refractivity contribution is 6.36. The van der Waals surface area contributed by atoms with Crippen LogP contribution in [0.25, 0.3) is 0 Å². The second-order valence-corrected chi connectivity index (χ2v) is 6.77. The Labute approximate surface area is 162 Å². The third-order valence-corrected chi connectivity index (χ3v) is 4.66. The highest BCUT2D eigenvalue weighted by atomic mass is 35.5. The molecule has 144 valence electrons. The third-order valence-electron chi connectivity index (χ3n) is 4.17. The molecule has 0 spiro atoms. The summed E-state index contributed by atoms with van der Waals surface area (Å²) >= 11 is 11.9. The van der Waals surface area contributed by atoms with Gasteiger partial charge in [-0.1, -0.05) is 23.2 Å². The van der Waals surface area contributed by atoms with E-state index >= 15 is 0 Å². The molecule has 3 rings (SSSR count). The molecule has 1 aliphatic heterocycles. The first-order valence-corrected chi connectivity index (χ1v) is 8.64. The van der Waals surface area contributed by atoms with Gasteiger partial charge >= 0.3 is 6.18 Å². The Morgan fingerprint density at radius 1 is 1.07 bits per heavy atom. The van der Waals surface area contributed by atoms with Crippen LogP contribution >= 0.6 is 23.2 Å². The lowest BCUT2D eigenvalue weighted by molar-refractivity contribution is -0.140. The largest absolute Gasteiger partial charge is 0.419 e. The fourth-order valence-electron chi connectivity index (χ4n) is 2.82. The number of hydrogen-bond acceptors (Lipinski definition) is 3. The van der Waals surface area contributed by atoms with E-state index in [2.05, 4.69) is 4.98 Å². The van der Waals surface area contributed by atoms with Crippen LogP contribution in [0.1, 0.15) is 15.9 Å². The van der Waals surface area contributed by atoms with Crippen molar-refractivity contribution in [3.63, 3.8) is 0 Å². The van der Waals surface area contributed by atoms with Crippen LogP contribution < -0.4 is 4.90 Å². The molecule has 2 aromatic rings. The molecule has 0 atom stereocenters. The Morgan fingerprint density at radius 3 is 2.33 bits per heavy atom.